The van der Waals surface area contributed by atoms with Crippen molar-refractivity contribution in [1.82, 2.24) is 20.9 Å². The van der Waals surface area contributed by atoms with Crippen molar-refractivity contribution in [2.24, 2.45) is 5.73 Å². The van der Waals surface area contributed by atoms with Gasteiger partial charge in [-0.3, -0.25) is 14.4 Å². The zero-order chi connectivity index (χ0) is 27.4. The number of amides is 3. The van der Waals surface area contributed by atoms with Crippen LogP contribution in [0.1, 0.15) is 18.4 Å². The van der Waals surface area contributed by atoms with Crippen LogP contribution in [0.5, 0.6) is 0 Å². The zero-order valence-electron chi connectivity index (χ0n) is 20.9. The second-order valence-corrected chi connectivity index (χ2v) is 10.4. The number of H-pyrrole nitrogens is 1. The highest BCUT2D eigenvalue weighted by molar-refractivity contribution is 7.98. The number of fused-ring (bicyclic) bond motifs is 1. The van der Waals surface area contributed by atoms with Crippen LogP contribution in [0.4, 0.5) is 0 Å². The minimum Gasteiger partial charge on any atom is -0.480 e. The molecule has 0 aliphatic carbocycles. The van der Waals surface area contributed by atoms with E-state index >= 15 is 0 Å². The molecule has 0 aliphatic heterocycles. The van der Waals surface area contributed by atoms with E-state index in [9.17, 15) is 29.4 Å². The Morgan fingerprint density at radius 3 is 2.11 bits per heavy atom. The molecule has 0 radical (unpaired) electrons. The van der Waals surface area contributed by atoms with Gasteiger partial charge in [0.25, 0.3) is 0 Å². The Balaban J connectivity index is 2.30. The number of aliphatic hydroxyl groups is 1. The van der Waals surface area contributed by atoms with Gasteiger partial charge in [-0.05, 0) is 48.5 Å². The van der Waals surface area contributed by atoms with Crippen LogP contribution in [0, 0.1) is 0 Å². The van der Waals surface area contributed by atoms with Crippen molar-refractivity contribution in [3.05, 3.63) is 36.0 Å². The number of nitrogens with one attached hydrogen (secondary N) is 4. The predicted octanol–water partition coefficient (Wildman–Crippen LogP) is 0.0752. The molecule has 4 unspecified atom stereocenters. The van der Waals surface area contributed by atoms with E-state index in [1.54, 1.807) is 6.20 Å². The molecule has 2 rings (SSSR count). The molecule has 8 N–H and O–H groups in total. The van der Waals surface area contributed by atoms with E-state index in [0.29, 0.717) is 11.5 Å². The predicted molar refractivity (Wildman–Crippen MR) is 146 cm³/mol. The molecule has 1 heterocycles. The Morgan fingerprint density at radius 2 is 1.49 bits per heavy atom. The summed E-state index contributed by atoms with van der Waals surface area (Å²) >= 11 is 2.94. The number of para-hydroxylation sites is 1. The highest BCUT2D eigenvalue weighted by Gasteiger charge is 2.30. The third-order valence-corrected chi connectivity index (χ3v) is 7.02. The van der Waals surface area contributed by atoms with Gasteiger partial charge in [0.15, 0.2) is 0 Å². The minimum absolute atomic E-state index is 0.0931. The average molecular weight is 554 g/mol. The summed E-state index contributed by atoms with van der Waals surface area (Å²) < 4.78 is 0. The molecule has 1 aromatic heterocycles. The lowest BCUT2D eigenvalue weighted by molar-refractivity contribution is -0.142. The maximum atomic E-state index is 13.3. The number of aliphatic carboxylic acids is 1. The van der Waals surface area contributed by atoms with Crippen LogP contribution in [0.3, 0.4) is 0 Å². The molecule has 37 heavy (non-hydrogen) atoms. The average Bonchev–Trinajstić information content (AvgIpc) is 3.30. The fourth-order valence-corrected chi connectivity index (χ4v) is 4.58. The monoisotopic (exact) mass is 553 g/mol. The first-order valence-corrected chi connectivity index (χ1v) is 14.5. The molecule has 11 nitrogen and oxygen atoms in total. The molecule has 13 heteroatoms. The highest BCUT2D eigenvalue weighted by atomic mass is 32.2. The molecule has 0 spiro atoms. The van der Waals surface area contributed by atoms with Crippen molar-refractivity contribution in [1.29, 1.82) is 0 Å². The van der Waals surface area contributed by atoms with Crippen LogP contribution < -0.4 is 21.7 Å². The largest absolute Gasteiger partial charge is 0.480 e. The van der Waals surface area contributed by atoms with Gasteiger partial charge in [0.2, 0.25) is 17.7 Å². The third kappa shape index (κ3) is 9.26. The molecule has 0 saturated heterocycles. The van der Waals surface area contributed by atoms with Gasteiger partial charge in [-0.15, -0.1) is 0 Å². The summed E-state index contributed by atoms with van der Waals surface area (Å²) in [5, 5.41) is 27.4. The molecule has 3 amide bonds. The number of nitrogens with two attached hydrogens (primary N) is 1. The Kier molecular flexibility index (Phi) is 12.8. The van der Waals surface area contributed by atoms with Gasteiger partial charge in [0.1, 0.15) is 24.2 Å². The van der Waals surface area contributed by atoms with E-state index in [2.05, 4.69) is 20.9 Å². The molecule has 0 aliphatic rings. The van der Waals surface area contributed by atoms with E-state index in [1.165, 1.54) is 23.5 Å². The fraction of sp³-hybridized carbons (Fsp3) is 0.500. The van der Waals surface area contributed by atoms with Crippen LogP contribution in [-0.4, -0.2) is 93.7 Å². The van der Waals surface area contributed by atoms with Crippen LogP contribution >= 0.6 is 23.5 Å². The number of carbonyl (C=O) groups excluding carboxylic acids is 3. The lowest BCUT2D eigenvalue weighted by Crippen LogP contribution is -2.58. The van der Waals surface area contributed by atoms with Gasteiger partial charge in [0.05, 0.1) is 6.61 Å². The number of carboxylic acid groups (broad SMARTS) is 1. The summed E-state index contributed by atoms with van der Waals surface area (Å²) in [4.78, 5) is 53.6. The van der Waals surface area contributed by atoms with E-state index < -0.39 is 54.5 Å². The molecule has 4 atom stereocenters. The maximum absolute atomic E-state index is 13.3. The van der Waals surface area contributed by atoms with Gasteiger partial charge in [-0.2, -0.15) is 23.5 Å². The number of aromatic nitrogens is 1. The summed E-state index contributed by atoms with van der Waals surface area (Å²) in [5.74, 6) is -2.03. The van der Waals surface area contributed by atoms with Gasteiger partial charge in [-0.25, -0.2) is 4.79 Å². The first-order valence-electron chi connectivity index (χ1n) is 11.7. The second kappa shape index (κ2) is 15.5. The standard InChI is InChI=1S/C24H35N5O6S2/c1-36-9-7-18(27-21(31)16(25)13-30)22(32)29-20(23(33)28-19(24(34)35)8-10-37-2)11-14-12-26-17-6-4-3-5-15(14)17/h3-6,12,16,18-20,26,30H,7-11,13,25H2,1-2H3,(H,27,31)(H,28,33)(H,29,32)(H,34,35). The SMILES string of the molecule is CSCCC(NC(=O)C(Cc1c[nH]c2ccccc12)NC(=O)C(CCSC)NC(=O)C(N)CO)C(=O)O. The van der Waals surface area contributed by atoms with Gasteiger partial charge in [-0.1, -0.05) is 18.2 Å². The maximum Gasteiger partial charge on any atom is 0.326 e. The number of aliphatic hydroxyl groups excluding tert-OH is 1. The highest BCUT2D eigenvalue weighted by Crippen LogP contribution is 2.19. The molecule has 0 bridgehead atoms. The molecule has 0 saturated carbocycles. The fourth-order valence-electron chi connectivity index (χ4n) is 3.63. The van der Waals surface area contributed by atoms with Crippen molar-refractivity contribution < 1.29 is 29.4 Å². The van der Waals surface area contributed by atoms with Crippen LogP contribution in [-0.2, 0) is 25.6 Å². The third-order valence-electron chi connectivity index (χ3n) is 5.73. The van der Waals surface area contributed by atoms with Crippen molar-refractivity contribution in [2.75, 3.05) is 30.6 Å². The van der Waals surface area contributed by atoms with Crippen molar-refractivity contribution in [2.45, 2.75) is 43.4 Å². The number of rotatable bonds is 16. The van der Waals surface area contributed by atoms with Gasteiger partial charge < -0.3 is 36.9 Å². The first-order chi connectivity index (χ1) is 17.7. The van der Waals surface area contributed by atoms with Crippen LogP contribution in [0.2, 0.25) is 0 Å². The summed E-state index contributed by atoms with van der Waals surface area (Å²) in [5.41, 5.74) is 7.20. The van der Waals surface area contributed by atoms with Crippen molar-refractivity contribution in [3.8, 4) is 0 Å². The molecule has 204 valence electrons. The normalized spacial score (nSPS) is 14.4. The number of thioether (sulfide) groups is 2. The van der Waals surface area contributed by atoms with Crippen molar-refractivity contribution in [3.63, 3.8) is 0 Å². The Labute approximate surface area is 224 Å². The Hall–Kier alpha value is -2.74. The number of hydrogen-bond acceptors (Lipinski definition) is 8. The summed E-state index contributed by atoms with van der Waals surface area (Å²) in [7, 11) is 0. The number of aromatic amines is 1. The van der Waals surface area contributed by atoms with Gasteiger partial charge in [0, 0.05) is 23.5 Å². The molecule has 0 fully saturated rings. The van der Waals surface area contributed by atoms with E-state index in [4.69, 9.17) is 5.73 Å². The van der Waals surface area contributed by atoms with E-state index in [1.807, 2.05) is 36.8 Å². The second-order valence-electron chi connectivity index (χ2n) is 8.44. The van der Waals surface area contributed by atoms with Crippen LogP contribution in [0.15, 0.2) is 30.5 Å². The molecule has 2 aromatic rings. The Bertz CT molecular complexity index is 1070. The Morgan fingerprint density at radius 1 is 0.919 bits per heavy atom. The smallest absolute Gasteiger partial charge is 0.326 e. The number of hydrogen-bond donors (Lipinski definition) is 7. The lowest BCUT2D eigenvalue weighted by Gasteiger charge is -2.25. The molecule has 1 aromatic carbocycles. The summed E-state index contributed by atoms with van der Waals surface area (Å²) in [6, 6.07) is 3.08. The molecular formula is C24H35N5O6S2. The van der Waals surface area contributed by atoms with E-state index in [-0.39, 0.29) is 19.3 Å². The zero-order valence-corrected chi connectivity index (χ0v) is 22.5. The van der Waals surface area contributed by atoms with Gasteiger partial charge >= 0.3 is 5.97 Å². The molecular weight excluding hydrogens is 518 g/mol. The number of benzene rings is 1. The number of carboxylic acids is 1. The number of carbonyl (C=O) groups is 4. The summed E-state index contributed by atoms with van der Waals surface area (Å²) in [6.45, 7) is -0.582. The first kappa shape index (κ1) is 30.5. The van der Waals surface area contributed by atoms with Crippen molar-refractivity contribution >= 4 is 58.1 Å². The topological polar surface area (TPSA) is 187 Å². The minimum atomic E-state index is -1.19. The lowest BCUT2D eigenvalue weighted by atomic mass is 10.0. The quantitative estimate of drug-likeness (QED) is 0.151. The van der Waals surface area contributed by atoms with E-state index in [0.717, 1.165) is 16.5 Å². The summed E-state index contributed by atoms with van der Waals surface area (Å²) in [6.07, 6.45) is 6.02. The van der Waals surface area contributed by atoms with Crippen LogP contribution in [0.25, 0.3) is 10.9 Å².